The van der Waals surface area contributed by atoms with Crippen LogP contribution in [-0.2, 0) is 9.53 Å². The van der Waals surface area contributed by atoms with Crippen LogP contribution in [0.5, 0.6) is 5.75 Å². The minimum absolute atomic E-state index is 0.0922. The van der Waals surface area contributed by atoms with E-state index in [0.717, 1.165) is 11.4 Å². The molecule has 1 aromatic rings. The summed E-state index contributed by atoms with van der Waals surface area (Å²) in [5.41, 5.74) is 4.91. The van der Waals surface area contributed by atoms with Crippen LogP contribution in [0.1, 0.15) is 13.3 Å². The number of nitrogens with one attached hydrogen (secondary N) is 3. The van der Waals surface area contributed by atoms with Crippen LogP contribution < -0.4 is 25.8 Å². The molecule has 0 unspecified atom stereocenters. The zero-order valence-electron chi connectivity index (χ0n) is 13.5. The molecule has 0 saturated carbocycles. The number of benzene rings is 1. The second kappa shape index (κ2) is 8.04. The number of hydrogen-bond donors (Lipinski definition) is 3. The fraction of sp³-hybridized carbons (Fsp3) is 0.400. The first-order valence-corrected chi connectivity index (χ1v) is 7.47. The van der Waals surface area contributed by atoms with Gasteiger partial charge in [-0.3, -0.25) is 4.79 Å². The van der Waals surface area contributed by atoms with E-state index in [1.165, 1.54) is 7.11 Å². The van der Waals surface area contributed by atoms with Crippen molar-refractivity contribution in [3.8, 4) is 5.75 Å². The fourth-order valence-corrected chi connectivity index (χ4v) is 2.32. The average molecular weight is 336 g/mol. The molecule has 3 N–H and O–H groups in total. The summed E-state index contributed by atoms with van der Waals surface area (Å²) in [4.78, 5) is 36.2. The standard InChI is InChI=1S/C15H20N4O5/c1-3-24-12-6-4-11(5-7-12)19-9-10(8-13(19)20)16-14(21)17-18-15(22)23-2/h4-7,10H,3,8-9H2,1-2H3,(H,18,22)(H2,16,17,21)/t10-/m0/s1. The molecule has 1 fully saturated rings. The number of hydrogen-bond acceptors (Lipinski definition) is 5. The van der Waals surface area contributed by atoms with Gasteiger partial charge in [0.2, 0.25) is 5.91 Å². The SMILES string of the molecule is CCOc1ccc(N2C[C@@H](NC(=O)NNC(=O)OC)CC2=O)cc1. The molecule has 4 amide bonds. The summed E-state index contributed by atoms with van der Waals surface area (Å²) in [7, 11) is 1.18. The maximum Gasteiger partial charge on any atom is 0.425 e. The lowest BCUT2D eigenvalue weighted by molar-refractivity contribution is -0.117. The lowest BCUT2D eigenvalue weighted by Gasteiger charge is -2.18. The topological polar surface area (TPSA) is 109 Å². The number of anilines is 1. The van der Waals surface area contributed by atoms with Crippen molar-refractivity contribution in [3.05, 3.63) is 24.3 Å². The summed E-state index contributed by atoms with van der Waals surface area (Å²) in [5, 5.41) is 2.61. The van der Waals surface area contributed by atoms with E-state index < -0.39 is 12.1 Å². The van der Waals surface area contributed by atoms with Crippen LogP contribution in [0.4, 0.5) is 15.3 Å². The van der Waals surface area contributed by atoms with Gasteiger partial charge in [-0.15, -0.1) is 0 Å². The maximum atomic E-state index is 12.1. The number of nitrogens with zero attached hydrogens (tertiary/aromatic N) is 1. The Kier molecular flexibility index (Phi) is 5.83. The zero-order chi connectivity index (χ0) is 17.5. The Labute approximate surface area is 139 Å². The molecule has 9 nitrogen and oxygen atoms in total. The Morgan fingerprint density at radius 2 is 1.96 bits per heavy atom. The van der Waals surface area contributed by atoms with Gasteiger partial charge < -0.3 is 19.7 Å². The van der Waals surface area contributed by atoms with Gasteiger partial charge in [0.25, 0.3) is 0 Å². The third kappa shape index (κ3) is 4.51. The summed E-state index contributed by atoms with van der Waals surface area (Å²) in [6.45, 7) is 2.81. The summed E-state index contributed by atoms with van der Waals surface area (Å²) in [6.07, 6.45) is -0.609. The van der Waals surface area contributed by atoms with E-state index >= 15 is 0 Å². The molecular formula is C15H20N4O5. The smallest absolute Gasteiger partial charge is 0.425 e. The molecule has 1 aromatic carbocycles. The summed E-state index contributed by atoms with van der Waals surface area (Å²) in [5.74, 6) is 0.640. The minimum Gasteiger partial charge on any atom is -0.494 e. The number of ether oxygens (including phenoxy) is 2. The van der Waals surface area contributed by atoms with Gasteiger partial charge in [-0.05, 0) is 31.2 Å². The fourth-order valence-electron chi connectivity index (χ4n) is 2.32. The van der Waals surface area contributed by atoms with Crippen LogP contribution in [0.25, 0.3) is 0 Å². The number of rotatable bonds is 4. The van der Waals surface area contributed by atoms with Gasteiger partial charge >= 0.3 is 12.1 Å². The largest absolute Gasteiger partial charge is 0.494 e. The van der Waals surface area contributed by atoms with Crippen LogP contribution in [0, 0.1) is 0 Å². The summed E-state index contributed by atoms with van der Waals surface area (Å²) in [6, 6.07) is 6.20. The number of methoxy groups -OCH3 is 1. The number of amides is 4. The molecule has 9 heteroatoms. The Balaban J connectivity index is 1.88. The average Bonchev–Trinajstić information content (AvgIpc) is 2.94. The lowest BCUT2D eigenvalue weighted by Crippen LogP contribution is -2.50. The highest BCUT2D eigenvalue weighted by Gasteiger charge is 2.31. The molecule has 1 heterocycles. The summed E-state index contributed by atoms with van der Waals surface area (Å²) < 4.78 is 9.69. The molecule has 0 aromatic heterocycles. The third-order valence-electron chi connectivity index (χ3n) is 3.38. The second-order valence-corrected chi connectivity index (χ2v) is 5.05. The monoisotopic (exact) mass is 336 g/mol. The van der Waals surface area contributed by atoms with Crippen LogP contribution in [0.2, 0.25) is 0 Å². The van der Waals surface area contributed by atoms with Crippen molar-refractivity contribution < 1.29 is 23.9 Å². The number of urea groups is 1. The van der Waals surface area contributed by atoms with Crippen molar-refractivity contribution in [2.45, 2.75) is 19.4 Å². The molecule has 0 spiro atoms. The molecule has 1 saturated heterocycles. The first kappa shape index (κ1) is 17.4. The Morgan fingerprint density at radius 3 is 2.58 bits per heavy atom. The molecular weight excluding hydrogens is 316 g/mol. The molecule has 1 aliphatic heterocycles. The highest BCUT2D eigenvalue weighted by atomic mass is 16.5. The first-order chi connectivity index (χ1) is 11.5. The lowest BCUT2D eigenvalue weighted by atomic mass is 10.2. The maximum absolute atomic E-state index is 12.1. The van der Waals surface area contributed by atoms with Gasteiger partial charge in [-0.2, -0.15) is 0 Å². The quantitative estimate of drug-likeness (QED) is 0.704. The third-order valence-corrected chi connectivity index (χ3v) is 3.38. The molecule has 1 atom stereocenters. The number of hydrazine groups is 1. The van der Waals surface area contributed by atoms with E-state index in [2.05, 4.69) is 15.5 Å². The van der Waals surface area contributed by atoms with E-state index in [4.69, 9.17) is 4.74 Å². The number of carbonyl (C=O) groups is 3. The van der Waals surface area contributed by atoms with Crippen molar-refractivity contribution >= 4 is 23.7 Å². The molecule has 2 rings (SSSR count). The van der Waals surface area contributed by atoms with Crippen LogP contribution in [0.3, 0.4) is 0 Å². The predicted molar refractivity (Wildman–Crippen MR) is 85.6 cm³/mol. The van der Waals surface area contributed by atoms with Crippen LogP contribution >= 0.6 is 0 Å². The zero-order valence-corrected chi connectivity index (χ0v) is 13.5. The molecule has 0 aliphatic carbocycles. The van der Waals surface area contributed by atoms with Gasteiger partial charge in [0.1, 0.15) is 5.75 Å². The van der Waals surface area contributed by atoms with Crippen molar-refractivity contribution in [2.24, 2.45) is 0 Å². The van der Waals surface area contributed by atoms with E-state index in [-0.39, 0.29) is 18.4 Å². The molecule has 24 heavy (non-hydrogen) atoms. The molecule has 0 radical (unpaired) electrons. The normalized spacial score (nSPS) is 16.5. The van der Waals surface area contributed by atoms with Gasteiger partial charge in [0.15, 0.2) is 0 Å². The Hall–Kier alpha value is -2.97. The molecule has 0 bridgehead atoms. The molecule has 1 aliphatic rings. The van der Waals surface area contributed by atoms with E-state index in [1.807, 2.05) is 12.3 Å². The van der Waals surface area contributed by atoms with E-state index in [9.17, 15) is 14.4 Å². The highest BCUT2D eigenvalue weighted by Crippen LogP contribution is 2.24. The van der Waals surface area contributed by atoms with Crippen LogP contribution in [-0.4, -0.2) is 44.3 Å². The highest BCUT2D eigenvalue weighted by molar-refractivity contribution is 5.96. The second-order valence-electron chi connectivity index (χ2n) is 5.05. The van der Waals surface area contributed by atoms with Crippen molar-refractivity contribution in [1.29, 1.82) is 0 Å². The molecule has 130 valence electrons. The van der Waals surface area contributed by atoms with Gasteiger partial charge in [0, 0.05) is 18.7 Å². The van der Waals surface area contributed by atoms with Gasteiger partial charge in [-0.25, -0.2) is 20.4 Å². The minimum atomic E-state index is -0.788. The summed E-state index contributed by atoms with van der Waals surface area (Å²) >= 11 is 0. The van der Waals surface area contributed by atoms with Crippen LogP contribution in [0.15, 0.2) is 24.3 Å². The van der Waals surface area contributed by atoms with E-state index in [0.29, 0.717) is 13.2 Å². The predicted octanol–water partition coefficient (Wildman–Crippen LogP) is 0.761. The van der Waals surface area contributed by atoms with E-state index in [1.54, 1.807) is 29.2 Å². The first-order valence-electron chi connectivity index (χ1n) is 7.47. The Morgan fingerprint density at radius 1 is 1.25 bits per heavy atom. The van der Waals surface area contributed by atoms with Gasteiger partial charge in [0.05, 0.1) is 19.8 Å². The van der Waals surface area contributed by atoms with Gasteiger partial charge in [-0.1, -0.05) is 0 Å². The number of carbonyl (C=O) groups excluding carboxylic acids is 3. The van der Waals surface area contributed by atoms with Crippen molar-refractivity contribution in [3.63, 3.8) is 0 Å². The van der Waals surface area contributed by atoms with Crippen molar-refractivity contribution in [1.82, 2.24) is 16.2 Å². The van der Waals surface area contributed by atoms with Crippen molar-refractivity contribution in [2.75, 3.05) is 25.2 Å². The Bertz CT molecular complexity index is 604.